The lowest BCUT2D eigenvalue weighted by Gasteiger charge is -2.30. The van der Waals surface area contributed by atoms with Crippen LogP contribution < -0.4 is 9.47 Å². The second-order valence-corrected chi connectivity index (χ2v) is 6.47. The van der Waals surface area contributed by atoms with Gasteiger partial charge in [0.1, 0.15) is 19.0 Å². The predicted molar refractivity (Wildman–Crippen MR) is 90.6 cm³/mol. The van der Waals surface area contributed by atoms with E-state index in [1.54, 1.807) is 0 Å². The Bertz CT molecular complexity index is 728. The molecule has 0 spiro atoms. The fraction of sp³-hybridized carbons (Fsp3) is 0.500. The number of hydrogen-bond acceptors (Lipinski definition) is 5. The lowest BCUT2D eigenvalue weighted by Crippen LogP contribution is -2.41. The van der Waals surface area contributed by atoms with E-state index in [9.17, 15) is 0 Å². The molecule has 1 unspecified atom stereocenters. The Morgan fingerprint density at radius 3 is 2.75 bits per heavy atom. The first kappa shape index (κ1) is 15.5. The minimum atomic E-state index is 0.189. The maximum absolute atomic E-state index is 5.90. The van der Waals surface area contributed by atoms with Gasteiger partial charge in [-0.2, -0.15) is 0 Å². The third-order valence-corrected chi connectivity index (χ3v) is 4.59. The van der Waals surface area contributed by atoms with Crippen LogP contribution in [0, 0.1) is 6.92 Å². The fourth-order valence-electron chi connectivity index (χ4n) is 3.33. The molecule has 2 aromatic rings. The first-order valence-corrected chi connectivity index (χ1v) is 8.42. The highest BCUT2D eigenvalue weighted by Gasteiger charge is 2.21. The zero-order valence-electron chi connectivity index (χ0n) is 14.2. The summed E-state index contributed by atoms with van der Waals surface area (Å²) in [6.45, 7) is 6.80. The van der Waals surface area contributed by atoms with Crippen LogP contribution in [0.25, 0.3) is 11.4 Å². The van der Waals surface area contributed by atoms with Crippen molar-refractivity contribution in [1.82, 2.24) is 14.5 Å². The summed E-state index contributed by atoms with van der Waals surface area (Å²) in [5, 5.41) is 0. The number of imidazole rings is 1. The van der Waals surface area contributed by atoms with Crippen molar-refractivity contribution < 1.29 is 14.2 Å². The van der Waals surface area contributed by atoms with Gasteiger partial charge < -0.3 is 23.7 Å². The maximum Gasteiger partial charge on any atom is 0.162 e. The molecule has 24 heavy (non-hydrogen) atoms. The molecular formula is C18H23N3O3. The molecule has 1 aromatic carbocycles. The van der Waals surface area contributed by atoms with Crippen molar-refractivity contribution >= 4 is 0 Å². The Hall–Kier alpha value is -2.05. The van der Waals surface area contributed by atoms with Crippen molar-refractivity contribution in [3.8, 4) is 22.9 Å². The van der Waals surface area contributed by atoms with Gasteiger partial charge in [-0.15, -0.1) is 0 Å². The van der Waals surface area contributed by atoms with Gasteiger partial charge in [-0.05, 0) is 31.7 Å². The minimum Gasteiger partial charge on any atom is -0.486 e. The van der Waals surface area contributed by atoms with E-state index in [4.69, 9.17) is 14.2 Å². The SMILES string of the molecule is Cc1cc2c(cc1-c1nccn1CC1CN(C)CCO1)OCCO2. The van der Waals surface area contributed by atoms with Crippen LogP contribution in [0.1, 0.15) is 5.56 Å². The van der Waals surface area contributed by atoms with E-state index in [2.05, 4.69) is 28.4 Å². The second-order valence-electron chi connectivity index (χ2n) is 6.47. The maximum atomic E-state index is 5.90. The Morgan fingerprint density at radius 2 is 1.96 bits per heavy atom. The Morgan fingerprint density at radius 1 is 1.17 bits per heavy atom. The summed E-state index contributed by atoms with van der Waals surface area (Å²) in [6, 6.07) is 4.07. The molecule has 1 atom stereocenters. The summed E-state index contributed by atoms with van der Waals surface area (Å²) < 4.78 is 19.5. The van der Waals surface area contributed by atoms with Crippen LogP contribution in [0.15, 0.2) is 24.5 Å². The number of benzene rings is 1. The van der Waals surface area contributed by atoms with Gasteiger partial charge in [0.15, 0.2) is 11.5 Å². The fourth-order valence-corrected chi connectivity index (χ4v) is 3.33. The van der Waals surface area contributed by atoms with E-state index in [0.717, 1.165) is 54.7 Å². The van der Waals surface area contributed by atoms with Gasteiger partial charge in [-0.1, -0.05) is 0 Å². The van der Waals surface area contributed by atoms with Crippen LogP contribution in [-0.2, 0) is 11.3 Å². The molecule has 0 saturated carbocycles. The Labute approximate surface area is 142 Å². The zero-order valence-corrected chi connectivity index (χ0v) is 14.2. The molecule has 3 heterocycles. The summed E-state index contributed by atoms with van der Waals surface area (Å²) in [4.78, 5) is 6.88. The molecule has 1 aromatic heterocycles. The van der Waals surface area contributed by atoms with Gasteiger partial charge in [0.2, 0.25) is 0 Å². The van der Waals surface area contributed by atoms with Crippen LogP contribution in [0.5, 0.6) is 11.5 Å². The molecule has 6 nitrogen and oxygen atoms in total. The van der Waals surface area contributed by atoms with Gasteiger partial charge in [-0.25, -0.2) is 4.98 Å². The van der Waals surface area contributed by atoms with Crippen molar-refractivity contribution in [2.24, 2.45) is 0 Å². The highest BCUT2D eigenvalue weighted by molar-refractivity contribution is 5.66. The lowest BCUT2D eigenvalue weighted by molar-refractivity contribution is -0.0272. The highest BCUT2D eigenvalue weighted by atomic mass is 16.6. The number of aromatic nitrogens is 2. The molecule has 0 aliphatic carbocycles. The molecule has 2 aliphatic heterocycles. The minimum absolute atomic E-state index is 0.189. The number of aryl methyl sites for hydroxylation is 1. The molecule has 0 bridgehead atoms. The van der Waals surface area contributed by atoms with Crippen LogP contribution >= 0.6 is 0 Å². The Balaban J connectivity index is 1.62. The monoisotopic (exact) mass is 329 g/mol. The number of morpholine rings is 1. The smallest absolute Gasteiger partial charge is 0.162 e. The van der Waals surface area contributed by atoms with E-state index in [-0.39, 0.29) is 6.10 Å². The van der Waals surface area contributed by atoms with Crippen LogP contribution in [0.2, 0.25) is 0 Å². The number of hydrogen-bond donors (Lipinski definition) is 0. The Kier molecular flexibility index (Phi) is 4.16. The topological polar surface area (TPSA) is 48.8 Å². The number of rotatable bonds is 3. The van der Waals surface area contributed by atoms with Crippen LogP contribution in [-0.4, -0.2) is 60.5 Å². The molecule has 1 fully saturated rings. The van der Waals surface area contributed by atoms with E-state index in [1.165, 1.54) is 0 Å². The average molecular weight is 329 g/mol. The third kappa shape index (κ3) is 2.99. The summed E-state index contributed by atoms with van der Waals surface area (Å²) >= 11 is 0. The van der Waals surface area contributed by atoms with Crippen molar-refractivity contribution in [3.63, 3.8) is 0 Å². The number of likely N-dealkylation sites (N-methyl/N-ethyl adjacent to an activating group) is 1. The van der Waals surface area contributed by atoms with E-state index in [1.807, 2.05) is 24.5 Å². The molecule has 1 saturated heterocycles. The molecule has 128 valence electrons. The van der Waals surface area contributed by atoms with E-state index in [0.29, 0.717) is 13.2 Å². The molecule has 4 rings (SSSR count). The van der Waals surface area contributed by atoms with E-state index >= 15 is 0 Å². The standard InChI is InChI=1S/C18H23N3O3/c1-13-9-16-17(24-8-7-23-16)10-15(13)18-19-3-4-21(18)12-14-11-20(2)5-6-22-14/h3-4,9-10,14H,5-8,11-12H2,1-2H3. The second kappa shape index (κ2) is 6.45. The summed E-state index contributed by atoms with van der Waals surface area (Å²) in [5.74, 6) is 2.56. The van der Waals surface area contributed by atoms with Crippen molar-refractivity contribution in [3.05, 3.63) is 30.1 Å². The van der Waals surface area contributed by atoms with Crippen LogP contribution in [0.3, 0.4) is 0 Å². The molecule has 0 radical (unpaired) electrons. The van der Waals surface area contributed by atoms with Crippen LogP contribution in [0.4, 0.5) is 0 Å². The first-order chi connectivity index (χ1) is 11.7. The number of nitrogens with zero attached hydrogens (tertiary/aromatic N) is 3. The molecular weight excluding hydrogens is 306 g/mol. The predicted octanol–water partition coefficient (Wildman–Crippen LogP) is 1.96. The van der Waals surface area contributed by atoms with E-state index < -0.39 is 0 Å². The third-order valence-electron chi connectivity index (χ3n) is 4.59. The number of ether oxygens (including phenoxy) is 3. The van der Waals surface area contributed by atoms with Crippen molar-refractivity contribution in [2.45, 2.75) is 19.6 Å². The van der Waals surface area contributed by atoms with Gasteiger partial charge in [0, 0.05) is 31.0 Å². The van der Waals surface area contributed by atoms with Gasteiger partial charge in [0.25, 0.3) is 0 Å². The van der Waals surface area contributed by atoms with Gasteiger partial charge in [0.05, 0.1) is 19.3 Å². The molecule has 0 amide bonds. The lowest BCUT2D eigenvalue weighted by atomic mass is 10.1. The average Bonchev–Trinajstić information content (AvgIpc) is 3.02. The zero-order chi connectivity index (χ0) is 16.5. The summed E-state index contributed by atoms with van der Waals surface area (Å²) in [5.41, 5.74) is 2.21. The highest BCUT2D eigenvalue weighted by Crippen LogP contribution is 2.36. The first-order valence-electron chi connectivity index (χ1n) is 8.42. The van der Waals surface area contributed by atoms with Crippen molar-refractivity contribution in [1.29, 1.82) is 0 Å². The quantitative estimate of drug-likeness (QED) is 0.861. The molecule has 2 aliphatic rings. The molecule has 0 N–H and O–H groups in total. The van der Waals surface area contributed by atoms with Crippen molar-refractivity contribution in [2.75, 3.05) is 40.0 Å². The number of fused-ring (bicyclic) bond motifs is 1. The normalized spacial score (nSPS) is 21.0. The summed E-state index contributed by atoms with van der Waals surface area (Å²) in [6.07, 6.45) is 4.05. The van der Waals surface area contributed by atoms with Gasteiger partial charge in [-0.3, -0.25) is 0 Å². The molecule has 6 heteroatoms. The largest absolute Gasteiger partial charge is 0.486 e. The van der Waals surface area contributed by atoms with Gasteiger partial charge >= 0.3 is 0 Å². The summed E-state index contributed by atoms with van der Waals surface area (Å²) in [7, 11) is 2.13.